The maximum absolute atomic E-state index is 14.2. The first-order valence-electron chi connectivity index (χ1n) is 16.5. The van der Waals surface area contributed by atoms with Crippen molar-refractivity contribution in [1.29, 1.82) is 0 Å². The second kappa shape index (κ2) is 15.2. The van der Waals surface area contributed by atoms with E-state index in [1.807, 2.05) is 31.1 Å². The Morgan fingerprint density at radius 3 is 2.55 bits per heavy atom. The van der Waals surface area contributed by atoms with Gasteiger partial charge in [0.15, 0.2) is 0 Å². The van der Waals surface area contributed by atoms with E-state index in [0.29, 0.717) is 53.6 Å². The molecule has 6 rings (SSSR count). The van der Waals surface area contributed by atoms with E-state index in [2.05, 4.69) is 44.5 Å². The molecule has 2 saturated heterocycles. The molecule has 1 N–H and O–H groups in total. The van der Waals surface area contributed by atoms with E-state index in [1.165, 1.54) is 22.1 Å². The number of piperidine rings is 2. The molecule has 2 aliphatic heterocycles. The van der Waals surface area contributed by atoms with Crippen LogP contribution in [0.25, 0.3) is 22.2 Å². The number of ether oxygens (including phenoxy) is 1. The lowest BCUT2D eigenvalue weighted by Gasteiger charge is -2.41. The largest absolute Gasteiger partial charge is 0.759 e. The number of nitrogens with one attached hydrogen (secondary N) is 1. The first-order valence-corrected chi connectivity index (χ1v) is 17.6. The molecule has 4 aromatic rings. The molecule has 4 heterocycles. The van der Waals surface area contributed by atoms with Crippen molar-refractivity contribution < 1.29 is 22.7 Å². The minimum Gasteiger partial charge on any atom is -0.759 e. The van der Waals surface area contributed by atoms with Gasteiger partial charge in [-0.2, -0.15) is 4.41 Å². The van der Waals surface area contributed by atoms with E-state index in [0.717, 1.165) is 51.9 Å². The number of carbonyl (C=O) groups is 1. The van der Waals surface area contributed by atoms with Gasteiger partial charge in [0.05, 0.1) is 12.8 Å². The van der Waals surface area contributed by atoms with Gasteiger partial charge in [-0.05, 0) is 80.3 Å². The summed E-state index contributed by atoms with van der Waals surface area (Å²) < 4.78 is 47.4. The van der Waals surface area contributed by atoms with Gasteiger partial charge in [0.2, 0.25) is 0 Å². The van der Waals surface area contributed by atoms with Gasteiger partial charge < -0.3 is 19.2 Å². The van der Waals surface area contributed by atoms with Crippen molar-refractivity contribution in [3.05, 3.63) is 71.8 Å². The average molecular weight is 665 g/mol. The second-order valence-electron chi connectivity index (χ2n) is 13.1. The molecule has 1 atom stereocenters. The van der Waals surface area contributed by atoms with Crippen molar-refractivity contribution in [1.82, 2.24) is 34.3 Å². The van der Waals surface area contributed by atoms with E-state index >= 15 is 0 Å². The Labute approximate surface area is 277 Å². The SMILES string of the molecule is CC(C)COC(=O)c1[nH]c2ccc(F)cc2c1-c1cn(CC2CCN(CCN(N3CCC(c4ccccc4)CC3)S(=O)[O-])CC2)nn1. The summed E-state index contributed by atoms with van der Waals surface area (Å²) in [5.74, 6) is 0.0974. The molecule has 2 aromatic carbocycles. The predicted molar refractivity (Wildman–Crippen MR) is 177 cm³/mol. The number of aromatic nitrogens is 4. The summed E-state index contributed by atoms with van der Waals surface area (Å²) in [6.45, 7) is 9.18. The number of halogens is 1. The van der Waals surface area contributed by atoms with E-state index in [4.69, 9.17) is 4.74 Å². The smallest absolute Gasteiger partial charge is 0.355 e. The summed E-state index contributed by atoms with van der Waals surface area (Å²) in [7, 11) is 0. The molecule has 0 bridgehead atoms. The van der Waals surface area contributed by atoms with Crippen molar-refractivity contribution >= 4 is 28.1 Å². The Kier molecular flexibility index (Phi) is 10.8. The fourth-order valence-corrected chi connectivity index (χ4v) is 7.32. The Morgan fingerprint density at radius 1 is 1.11 bits per heavy atom. The monoisotopic (exact) mass is 664 g/mol. The fraction of sp³-hybridized carbons (Fsp3) is 0.500. The van der Waals surface area contributed by atoms with Gasteiger partial charge in [-0.1, -0.05) is 49.4 Å². The minimum atomic E-state index is -2.31. The molecule has 0 amide bonds. The van der Waals surface area contributed by atoms with Crippen LogP contribution in [0.2, 0.25) is 0 Å². The van der Waals surface area contributed by atoms with E-state index < -0.39 is 23.1 Å². The Balaban J connectivity index is 1.02. The summed E-state index contributed by atoms with van der Waals surface area (Å²) in [5, 5.41) is 11.3. The molecule has 2 aromatic heterocycles. The number of benzene rings is 2. The molecule has 0 aliphatic carbocycles. The standard InChI is InChI=1S/C34H44FN7O4S/c1-24(2)23-46-34(43)33-32(29-20-28(35)8-9-30(29)36-33)31-22-40(38-37-31)21-25-10-14-39(15-11-25)18-19-42(47(44)45)41-16-12-27(13-17-41)26-6-4-3-5-7-26/h3-9,20,22,24-25,27,36H,10-19,21,23H2,1-2H3,(H,44,45)/p-1. The third kappa shape index (κ3) is 8.15. The van der Waals surface area contributed by atoms with Crippen molar-refractivity contribution in [2.75, 3.05) is 45.9 Å². The van der Waals surface area contributed by atoms with Crippen molar-refractivity contribution in [2.24, 2.45) is 11.8 Å². The molecule has 252 valence electrons. The third-order valence-electron chi connectivity index (χ3n) is 9.30. The Hall–Kier alpha value is -3.49. The number of rotatable bonds is 12. The molecule has 0 saturated carbocycles. The number of H-pyrrole nitrogens is 1. The zero-order valence-corrected chi connectivity index (χ0v) is 27.8. The zero-order valence-electron chi connectivity index (χ0n) is 27.0. The number of hydrazine groups is 1. The third-order valence-corrected chi connectivity index (χ3v) is 10.1. The minimum absolute atomic E-state index is 0.175. The molecule has 0 spiro atoms. The van der Waals surface area contributed by atoms with Crippen molar-refractivity contribution in [3.8, 4) is 11.3 Å². The van der Waals surface area contributed by atoms with Crippen molar-refractivity contribution in [3.63, 3.8) is 0 Å². The second-order valence-corrected chi connectivity index (χ2v) is 14.0. The van der Waals surface area contributed by atoms with Gasteiger partial charge in [-0.15, -0.1) is 5.10 Å². The van der Waals surface area contributed by atoms with Crippen LogP contribution in [0.1, 0.15) is 61.5 Å². The van der Waals surface area contributed by atoms with Crippen LogP contribution in [0.4, 0.5) is 4.39 Å². The Bertz CT molecular complexity index is 1660. The summed E-state index contributed by atoms with van der Waals surface area (Å²) in [6, 6.07) is 14.8. The highest BCUT2D eigenvalue weighted by Gasteiger charge is 2.28. The number of carbonyl (C=O) groups excluding carboxylic acids is 1. The molecule has 11 nitrogen and oxygen atoms in total. The quantitative estimate of drug-likeness (QED) is 0.166. The lowest BCUT2D eigenvalue weighted by Crippen LogP contribution is -2.50. The van der Waals surface area contributed by atoms with E-state index in [1.54, 1.807) is 10.7 Å². The number of esters is 1. The fourth-order valence-electron chi connectivity index (χ4n) is 6.74. The average Bonchev–Trinajstić information content (AvgIpc) is 3.69. The maximum Gasteiger partial charge on any atom is 0.355 e. The van der Waals surface area contributed by atoms with Gasteiger partial charge in [-0.3, -0.25) is 8.89 Å². The molecule has 2 fully saturated rings. The van der Waals surface area contributed by atoms with Gasteiger partial charge in [-0.25, -0.2) is 14.2 Å². The topological polar surface area (TPSA) is 123 Å². The highest BCUT2D eigenvalue weighted by molar-refractivity contribution is 7.76. The van der Waals surface area contributed by atoms with Gasteiger partial charge in [0.25, 0.3) is 0 Å². The summed E-state index contributed by atoms with van der Waals surface area (Å²) in [6.07, 6.45) is 5.58. The lowest BCUT2D eigenvalue weighted by molar-refractivity contribution is 0.0212. The number of aromatic amines is 1. The lowest BCUT2D eigenvalue weighted by atomic mass is 9.90. The highest BCUT2D eigenvalue weighted by Crippen LogP contribution is 2.33. The first-order chi connectivity index (χ1) is 22.7. The van der Waals surface area contributed by atoms with Crippen LogP contribution in [-0.2, 0) is 22.5 Å². The van der Waals surface area contributed by atoms with Crippen LogP contribution in [-0.4, -0.2) is 94.9 Å². The van der Waals surface area contributed by atoms with Gasteiger partial charge in [0, 0.05) is 60.5 Å². The molecular formula is C34H43FN7O4S-. The van der Waals surface area contributed by atoms with Crippen LogP contribution in [0.15, 0.2) is 54.7 Å². The van der Waals surface area contributed by atoms with Crippen LogP contribution >= 0.6 is 0 Å². The molecule has 2 aliphatic rings. The number of likely N-dealkylation sites (tertiary alicyclic amines) is 1. The highest BCUT2D eigenvalue weighted by atomic mass is 32.2. The number of hydrogen-bond donors (Lipinski definition) is 1. The van der Waals surface area contributed by atoms with Gasteiger partial charge in [0.1, 0.15) is 17.2 Å². The van der Waals surface area contributed by atoms with E-state index in [9.17, 15) is 17.9 Å². The van der Waals surface area contributed by atoms with Gasteiger partial charge >= 0.3 is 5.97 Å². The predicted octanol–water partition coefficient (Wildman–Crippen LogP) is 4.98. The number of nitrogens with zero attached hydrogens (tertiary/aromatic N) is 6. The first kappa shape index (κ1) is 33.4. The van der Waals surface area contributed by atoms with Crippen LogP contribution in [0.3, 0.4) is 0 Å². The Morgan fingerprint density at radius 2 is 1.85 bits per heavy atom. The summed E-state index contributed by atoms with van der Waals surface area (Å²) >= 11 is -2.31. The number of hydrogen-bond acceptors (Lipinski definition) is 8. The summed E-state index contributed by atoms with van der Waals surface area (Å²) in [4.78, 5) is 18.4. The van der Waals surface area contributed by atoms with Crippen LogP contribution in [0.5, 0.6) is 0 Å². The zero-order chi connectivity index (χ0) is 32.9. The van der Waals surface area contributed by atoms with Crippen molar-refractivity contribution in [2.45, 2.75) is 52.0 Å². The van der Waals surface area contributed by atoms with Crippen LogP contribution in [0, 0.1) is 17.7 Å². The number of fused-ring (bicyclic) bond motifs is 1. The molecule has 13 heteroatoms. The van der Waals surface area contributed by atoms with Crippen LogP contribution < -0.4 is 0 Å². The molecule has 47 heavy (non-hydrogen) atoms. The summed E-state index contributed by atoms with van der Waals surface area (Å²) in [5.41, 5.74) is 3.15. The maximum atomic E-state index is 14.2. The molecule has 1 unspecified atom stereocenters. The van der Waals surface area contributed by atoms with E-state index in [-0.39, 0.29) is 18.2 Å². The normalized spacial score (nSPS) is 18.0. The molecular weight excluding hydrogens is 621 g/mol. The molecule has 0 radical (unpaired) electrons.